The number of fused-ring (bicyclic) bond motifs is 1. The number of hydrogen-bond acceptors (Lipinski definition) is 4. The third-order valence-corrected chi connectivity index (χ3v) is 4.62. The van der Waals surface area contributed by atoms with Crippen molar-refractivity contribution in [2.45, 2.75) is 45.2 Å². The minimum absolute atomic E-state index is 0. The van der Waals surface area contributed by atoms with E-state index in [0.29, 0.717) is 6.04 Å². The summed E-state index contributed by atoms with van der Waals surface area (Å²) in [6, 6.07) is 9.03. The first-order valence-electron chi connectivity index (χ1n) is 8.28. The van der Waals surface area contributed by atoms with Crippen LogP contribution in [-0.2, 0) is 6.54 Å². The predicted octanol–water partition coefficient (Wildman–Crippen LogP) is 4.71. The summed E-state index contributed by atoms with van der Waals surface area (Å²) >= 11 is 0. The highest BCUT2D eigenvalue weighted by Crippen LogP contribution is 2.32. The van der Waals surface area contributed by atoms with Gasteiger partial charge < -0.3 is 9.88 Å². The largest absolute Gasteiger partial charge is 0.364 e. The summed E-state index contributed by atoms with van der Waals surface area (Å²) in [6.07, 6.45) is 8.60. The number of nitrogens with one attached hydrogen (secondary N) is 1. The molecule has 7 heteroatoms. The third kappa shape index (κ3) is 4.05. The lowest BCUT2D eigenvalue weighted by atomic mass is 10.1. The molecule has 2 heterocycles. The lowest BCUT2D eigenvalue weighted by Gasteiger charge is -2.11. The van der Waals surface area contributed by atoms with E-state index < -0.39 is 0 Å². The van der Waals surface area contributed by atoms with Crippen molar-refractivity contribution in [1.29, 1.82) is 0 Å². The minimum Gasteiger partial charge on any atom is -0.364 e. The summed E-state index contributed by atoms with van der Waals surface area (Å²) in [5.41, 5.74) is 4.32. The molecule has 0 saturated heterocycles. The highest BCUT2D eigenvalue weighted by molar-refractivity contribution is 5.85. The molecule has 0 radical (unpaired) electrons. The molecule has 0 spiro atoms. The maximum absolute atomic E-state index is 4.57. The van der Waals surface area contributed by atoms with Crippen LogP contribution >= 0.6 is 24.8 Å². The van der Waals surface area contributed by atoms with Crippen molar-refractivity contribution in [1.82, 2.24) is 19.5 Å². The standard InChI is InChI=1S/C18H21N5.2ClH/c1-13-5-4-6-14(9-13)10-19-17-16-18(21-11-20-17)23(12-22-16)15-7-2-3-8-15;;/h4-6,9,11-12,15H,2-3,7-8,10H2,1H3,(H,19,20,21);2*1H. The molecule has 1 saturated carbocycles. The van der Waals surface area contributed by atoms with E-state index in [1.165, 1.54) is 36.8 Å². The quantitative estimate of drug-likeness (QED) is 0.713. The molecule has 0 atom stereocenters. The van der Waals surface area contributed by atoms with Gasteiger partial charge in [-0.15, -0.1) is 24.8 Å². The maximum Gasteiger partial charge on any atom is 0.165 e. The van der Waals surface area contributed by atoms with E-state index in [9.17, 15) is 0 Å². The van der Waals surface area contributed by atoms with Crippen LogP contribution in [0.25, 0.3) is 11.2 Å². The number of anilines is 1. The first-order chi connectivity index (χ1) is 11.3. The first kappa shape index (κ1) is 19.5. The Hall–Kier alpha value is -1.85. The van der Waals surface area contributed by atoms with Crippen LogP contribution in [0.1, 0.15) is 42.9 Å². The molecule has 0 unspecified atom stereocenters. The summed E-state index contributed by atoms with van der Waals surface area (Å²) in [4.78, 5) is 13.4. The highest BCUT2D eigenvalue weighted by atomic mass is 35.5. The lowest BCUT2D eigenvalue weighted by Crippen LogP contribution is -2.06. The molecule has 1 aliphatic carbocycles. The number of imidazole rings is 1. The number of aromatic nitrogens is 4. The summed E-state index contributed by atoms with van der Waals surface area (Å²) in [5, 5.41) is 3.41. The molecule has 0 aliphatic heterocycles. The number of halogens is 2. The van der Waals surface area contributed by atoms with Crippen LogP contribution in [0.2, 0.25) is 0 Å². The molecule has 2 aromatic heterocycles. The lowest BCUT2D eigenvalue weighted by molar-refractivity contribution is 0.529. The van der Waals surface area contributed by atoms with Crippen molar-refractivity contribution in [2.75, 3.05) is 5.32 Å². The fourth-order valence-electron chi connectivity index (χ4n) is 3.44. The first-order valence-corrected chi connectivity index (χ1v) is 8.28. The van der Waals surface area contributed by atoms with Crippen LogP contribution in [0.3, 0.4) is 0 Å². The van der Waals surface area contributed by atoms with Gasteiger partial charge in [0.25, 0.3) is 0 Å². The topological polar surface area (TPSA) is 55.6 Å². The van der Waals surface area contributed by atoms with E-state index >= 15 is 0 Å². The van der Waals surface area contributed by atoms with Gasteiger partial charge in [-0.2, -0.15) is 0 Å². The van der Waals surface area contributed by atoms with Gasteiger partial charge in [0, 0.05) is 12.6 Å². The van der Waals surface area contributed by atoms with Gasteiger partial charge in [-0.1, -0.05) is 42.7 Å². The number of benzene rings is 1. The van der Waals surface area contributed by atoms with Gasteiger partial charge in [-0.05, 0) is 25.3 Å². The molecular formula is C18H23Cl2N5. The highest BCUT2D eigenvalue weighted by Gasteiger charge is 2.20. The van der Waals surface area contributed by atoms with Crippen LogP contribution in [-0.4, -0.2) is 19.5 Å². The molecule has 1 N–H and O–H groups in total. The molecule has 25 heavy (non-hydrogen) atoms. The molecular weight excluding hydrogens is 357 g/mol. The predicted molar refractivity (Wildman–Crippen MR) is 106 cm³/mol. The smallest absolute Gasteiger partial charge is 0.165 e. The Morgan fingerprint density at radius 2 is 1.92 bits per heavy atom. The van der Waals surface area contributed by atoms with Crippen LogP contribution in [0.5, 0.6) is 0 Å². The second kappa shape index (κ2) is 8.50. The normalized spacial score (nSPS) is 14.1. The van der Waals surface area contributed by atoms with Gasteiger partial charge in [0.05, 0.1) is 6.33 Å². The summed E-state index contributed by atoms with van der Waals surface area (Å²) in [6.45, 7) is 2.85. The maximum atomic E-state index is 4.57. The number of rotatable bonds is 4. The van der Waals surface area contributed by atoms with Crippen molar-refractivity contribution in [2.24, 2.45) is 0 Å². The molecule has 1 fully saturated rings. The zero-order chi connectivity index (χ0) is 15.6. The van der Waals surface area contributed by atoms with E-state index in [1.807, 2.05) is 6.33 Å². The Labute approximate surface area is 160 Å². The summed E-state index contributed by atoms with van der Waals surface area (Å²) in [7, 11) is 0. The monoisotopic (exact) mass is 379 g/mol. The summed E-state index contributed by atoms with van der Waals surface area (Å²) < 4.78 is 2.22. The van der Waals surface area contributed by atoms with E-state index in [4.69, 9.17) is 0 Å². The SMILES string of the molecule is Cc1cccc(CNc2ncnc3c2ncn3C2CCCC2)c1.Cl.Cl. The minimum atomic E-state index is 0. The molecule has 4 rings (SSSR count). The number of aryl methyl sites for hydroxylation is 1. The molecule has 3 aromatic rings. The Bertz CT molecular complexity index is 827. The van der Waals surface area contributed by atoms with Crippen LogP contribution < -0.4 is 5.32 Å². The Kier molecular flexibility index (Phi) is 6.62. The van der Waals surface area contributed by atoms with Gasteiger partial charge in [0.1, 0.15) is 11.8 Å². The van der Waals surface area contributed by atoms with Crippen molar-refractivity contribution in [3.8, 4) is 0 Å². The molecule has 1 aromatic carbocycles. The fourth-order valence-corrected chi connectivity index (χ4v) is 3.44. The fraction of sp³-hybridized carbons (Fsp3) is 0.389. The molecule has 134 valence electrons. The van der Waals surface area contributed by atoms with Crippen molar-refractivity contribution >= 4 is 41.8 Å². The summed E-state index contributed by atoms with van der Waals surface area (Å²) in [5.74, 6) is 0.813. The van der Waals surface area contributed by atoms with E-state index in [2.05, 4.69) is 56.0 Å². The Balaban J connectivity index is 0.00000113. The van der Waals surface area contributed by atoms with Crippen molar-refractivity contribution < 1.29 is 0 Å². The Morgan fingerprint density at radius 1 is 1.12 bits per heavy atom. The van der Waals surface area contributed by atoms with Crippen LogP contribution in [0, 0.1) is 6.92 Å². The van der Waals surface area contributed by atoms with Crippen molar-refractivity contribution in [3.63, 3.8) is 0 Å². The van der Waals surface area contributed by atoms with Gasteiger partial charge in [-0.3, -0.25) is 0 Å². The molecule has 5 nitrogen and oxygen atoms in total. The number of nitrogens with zero attached hydrogens (tertiary/aromatic N) is 4. The zero-order valence-electron chi connectivity index (χ0n) is 14.2. The number of hydrogen-bond donors (Lipinski definition) is 1. The zero-order valence-corrected chi connectivity index (χ0v) is 15.8. The van der Waals surface area contributed by atoms with Gasteiger partial charge >= 0.3 is 0 Å². The molecule has 0 amide bonds. The van der Waals surface area contributed by atoms with Crippen LogP contribution in [0.15, 0.2) is 36.9 Å². The molecule has 0 bridgehead atoms. The average molecular weight is 380 g/mol. The van der Waals surface area contributed by atoms with Crippen molar-refractivity contribution in [3.05, 3.63) is 48.0 Å². The van der Waals surface area contributed by atoms with E-state index in [-0.39, 0.29) is 24.8 Å². The van der Waals surface area contributed by atoms with Crippen LogP contribution in [0.4, 0.5) is 5.82 Å². The average Bonchev–Trinajstić information content (AvgIpc) is 3.22. The molecule has 1 aliphatic rings. The van der Waals surface area contributed by atoms with E-state index in [1.54, 1.807) is 6.33 Å². The second-order valence-electron chi connectivity index (χ2n) is 6.33. The van der Waals surface area contributed by atoms with E-state index in [0.717, 1.165) is 23.5 Å². The Morgan fingerprint density at radius 3 is 2.68 bits per heavy atom. The van der Waals surface area contributed by atoms with Gasteiger partial charge in [0.2, 0.25) is 0 Å². The van der Waals surface area contributed by atoms with Gasteiger partial charge in [0.15, 0.2) is 11.5 Å². The third-order valence-electron chi connectivity index (χ3n) is 4.62. The van der Waals surface area contributed by atoms with Gasteiger partial charge in [-0.25, -0.2) is 15.0 Å². The second-order valence-corrected chi connectivity index (χ2v) is 6.33.